The number of carbonyl (C=O) groups is 1. The number of rotatable bonds is 5. The Morgan fingerprint density at radius 2 is 2.28 bits per heavy atom. The molecule has 2 aliphatic rings. The van der Waals surface area contributed by atoms with Crippen LogP contribution in [0.25, 0.3) is 0 Å². The number of carbonyl (C=O) groups excluding carboxylic acids is 1. The van der Waals surface area contributed by atoms with E-state index in [0.29, 0.717) is 34.0 Å². The molecule has 25 heavy (non-hydrogen) atoms. The molecule has 3 rings (SSSR count). The average molecular weight is 366 g/mol. The normalized spacial score (nSPS) is 20.6. The van der Waals surface area contributed by atoms with Crippen LogP contribution in [0, 0.1) is 0 Å². The molecule has 0 aliphatic carbocycles. The van der Waals surface area contributed by atoms with E-state index >= 15 is 0 Å². The van der Waals surface area contributed by atoms with Gasteiger partial charge in [0.2, 0.25) is 0 Å². The number of hydrogen-bond donors (Lipinski definition) is 4. The monoisotopic (exact) mass is 365 g/mol. The van der Waals surface area contributed by atoms with Crippen molar-refractivity contribution in [2.75, 3.05) is 32.1 Å². The Kier molecular flexibility index (Phi) is 5.65. The topological polar surface area (TPSA) is 86.8 Å². The number of guanidine groups is 1. The Labute approximate surface area is 152 Å². The number of ether oxygens (including phenoxy) is 1. The van der Waals surface area contributed by atoms with Crippen LogP contribution in [0.3, 0.4) is 0 Å². The summed E-state index contributed by atoms with van der Waals surface area (Å²) in [6.07, 6.45) is 2.20. The molecule has 7 nitrogen and oxygen atoms in total. The second-order valence-corrected chi connectivity index (χ2v) is 6.69. The van der Waals surface area contributed by atoms with E-state index in [1.807, 2.05) is 6.92 Å². The van der Waals surface area contributed by atoms with Gasteiger partial charge in [-0.3, -0.25) is 9.79 Å². The summed E-state index contributed by atoms with van der Waals surface area (Å²) in [6.45, 7) is 4.53. The maximum atomic E-state index is 12.7. The number of aliphatic imine (C=N–C) groups is 1. The van der Waals surface area contributed by atoms with E-state index in [0.717, 1.165) is 32.5 Å². The molecule has 2 unspecified atom stereocenters. The van der Waals surface area contributed by atoms with Gasteiger partial charge in [0.25, 0.3) is 5.91 Å². The second-order valence-electron chi connectivity index (χ2n) is 6.28. The third-order valence-electron chi connectivity index (χ3n) is 4.52. The number of benzene rings is 1. The summed E-state index contributed by atoms with van der Waals surface area (Å²) in [5.41, 5.74) is 1.07. The van der Waals surface area contributed by atoms with Gasteiger partial charge in [-0.1, -0.05) is 11.6 Å². The molecule has 1 aromatic rings. The maximum absolute atomic E-state index is 12.7. The minimum atomic E-state index is -0.192. The van der Waals surface area contributed by atoms with Crippen LogP contribution in [0.2, 0.25) is 5.02 Å². The first-order valence-corrected chi connectivity index (χ1v) is 8.93. The lowest BCUT2D eigenvalue weighted by molar-refractivity contribution is 0.0930. The fourth-order valence-corrected chi connectivity index (χ4v) is 3.34. The molecule has 1 saturated heterocycles. The molecule has 0 radical (unpaired) electrons. The van der Waals surface area contributed by atoms with Crippen molar-refractivity contribution in [3.05, 3.63) is 22.7 Å². The Bertz CT molecular complexity index is 673. The number of hydrogen-bond acceptors (Lipinski definition) is 6. The molecular formula is C17H24ClN5O2. The van der Waals surface area contributed by atoms with Crippen LogP contribution in [0.5, 0.6) is 5.75 Å². The van der Waals surface area contributed by atoms with Crippen molar-refractivity contribution >= 4 is 29.2 Å². The van der Waals surface area contributed by atoms with E-state index in [9.17, 15) is 4.79 Å². The van der Waals surface area contributed by atoms with Crippen molar-refractivity contribution < 1.29 is 9.53 Å². The van der Waals surface area contributed by atoms with E-state index in [2.05, 4.69) is 26.3 Å². The third kappa shape index (κ3) is 4.16. The van der Waals surface area contributed by atoms with Gasteiger partial charge in [0.1, 0.15) is 5.75 Å². The molecule has 0 spiro atoms. The van der Waals surface area contributed by atoms with Crippen LogP contribution >= 0.6 is 11.6 Å². The van der Waals surface area contributed by atoms with Gasteiger partial charge in [-0.2, -0.15) is 0 Å². The first kappa shape index (κ1) is 17.8. The Balaban J connectivity index is 1.75. The molecule has 136 valence electrons. The molecule has 2 atom stereocenters. The first-order chi connectivity index (χ1) is 12.1. The van der Waals surface area contributed by atoms with Crippen molar-refractivity contribution in [2.45, 2.75) is 31.8 Å². The highest BCUT2D eigenvalue weighted by Crippen LogP contribution is 2.31. The summed E-state index contributed by atoms with van der Waals surface area (Å²) in [7, 11) is 1.54. The lowest BCUT2D eigenvalue weighted by atomic mass is 10.1. The molecule has 4 N–H and O–H groups in total. The Morgan fingerprint density at radius 1 is 1.44 bits per heavy atom. The van der Waals surface area contributed by atoms with Crippen molar-refractivity contribution in [2.24, 2.45) is 4.99 Å². The highest BCUT2D eigenvalue weighted by Gasteiger charge is 2.24. The zero-order chi connectivity index (χ0) is 17.8. The second kappa shape index (κ2) is 7.93. The van der Waals surface area contributed by atoms with Gasteiger partial charge in [-0.05, 0) is 32.4 Å². The molecule has 2 aliphatic heterocycles. The highest BCUT2D eigenvalue weighted by atomic mass is 35.5. The Morgan fingerprint density at radius 3 is 2.92 bits per heavy atom. The summed E-state index contributed by atoms with van der Waals surface area (Å²) < 4.78 is 5.40. The molecule has 1 amide bonds. The van der Waals surface area contributed by atoms with E-state index in [-0.39, 0.29) is 11.9 Å². The molecule has 1 aromatic carbocycles. The maximum Gasteiger partial charge on any atom is 0.255 e. The van der Waals surface area contributed by atoms with Crippen molar-refractivity contribution in [3.8, 4) is 5.75 Å². The average Bonchev–Trinajstić information content (AvgIpc) is 3.29. The number of nitrogens with zero attached hydrogens (tertiary/aromatic N) is 1. The molecule has 0 aromatic heterocycles. The predicted molar refractivity (Wildman–Crippen MR) is 99.9 cm³/mol. The van der Waals surface area contributed by atoms with Crippen LogP contribution in [0.1, 0.15) is 30.1 Å². The summed E-state index contributed by atoms with van der Waals surface area (Å²) >= 11 is 6.35. The standard InChI is InChI=1S/C17H24ClN5O2/c1-10(13-4-3-5-19-13)22-16(24)11-8-12(18)14(9-15(11)25-2)23-17-20-6-7-21-17/h8-10,13,19H,3-7H2,1-2H3,(H,22,24)(H2,20,21,23). The van der Waals surface area contributed by atoms with Crippen LogP contribution in [0.4, 0.5) is 5.69 Å². The molecule has 2 heterocycles. The summed E-state index contributed by atoms with van der Waals surface area (Å²) in [5.74, 6) is 0.944. The Hall–Kier alpha value is -1.99. The van der Waals surface area contributed by atoms with Crippen LogP contribution in [-0.4, -0.2) is 50.7 Å². The van der Waals surface area contributed by atoms with Gasteiger partial charge >= 0.3 is 0 Å². The van der Waals surface area contributed by atoms with Crippen LogP contribution in [0.15, 0.2) is 17.1 Å². The fraction of sp³-hybridized carbons (Fsp3) is 0.529. The van der Waals surface area contributed by atoms with E-state index in [1.54, 1.807) is 12.1 Å². The number of halogens is 1. The zero-order valence-corrected chi connectivity index (χ0v) is 15.2. The molecule has 0 bridgehead atoms. The molecule has 1 fully saturated rings. The first-order valence-electron chi connectivity index (χ1n) is 8.55. The zero-order valence-electron chi connectivity index (χ0n) is 14.5. The largest absolute Gasteiger partial charge is 0.496 e. The summed E-state index contributed by atoms with van der Waals surface area (Å²) in [5, 5.41) is 13.1. The van der Waals surface area contributed by atoms with Crippen LogP contribution < -0.4 is 26.0 Å². The number of amides is 1. The van der Waals surface area contributed by atoms with Crippen LogP contribution in [-0.2, 0) is 0 Å². The number of nitrogens with one attached hydrogen (secondary N) is 4. The van der Waals surface area contributed by atoms with Gasteiger partial charge < -0.3 is 26.0 Å². The summed E-state index contributed by atoms with van der Waals surface area (Å²) in [6, 6.07) is 3.69. The van der Waals surface area contributed by atoms with Gasteiger partial charge in [-0.15, -0.1) is 0 Å². The van der Waals surface area contributed by atoms with Crippen molar-refractivity contribution in [1.29, 1.82) is 0 Å². The van der Waals surface area contributed by atoms with Gasteiger partial charge in [-0.25, -0.2) is 0 Å². The number of methoxy groups -OCH3 is 1. The quantitative estimate of drug-likeness (QED) is 0.636. The molecule has 8 heteroatoms. The van der Waals surface area contributed by atoms with Gasteiger partial charge in [0, 0.05) is 24.7 Å². The predicted octanol–water partition coefficient (Wildman–Crippen LogP) is 1.59. The molecule has 0 saturated carbocycles. The lowest BCUT2D eigenvalue weighted by Crippen LogP contribution is -2.45. The highest BCUT2D eigenvalue weighted by molar-refractivity contribution is 6.34. The van der Waals surface area contributed by atoms with Gasteiger partial charge in [0.15, 0.2) is 5.96 Å². The van der Waals surface area contributed by atoms with Crippen molar-refractivity contribution in [3.63, 3.8) is 0 Å². The third-order valence-corrected chi connectivity index (χ3v) is 4.83. The minimum Gasteiger partial charge on any atom is -0.496 e. The fourth-order valence-electron chi connectivity index (χ4n) is 3.13. The lowest BCUT2D eigenvalue weighted by Gasteiger charge is -2.22. The van der Waals surface area contributed by atoms with Crippen molar-refractivity contribution in [1.82, 2.24) is 16.0 Å². The summed E-state index contributed by atoms with van der Waals surface area (Å²) in [4.78, 5) is 16.9. The van der Waals surface area contributed by atoms with Gasteiger partial charge in [0.05, 0.1) is 29.9 Å². The molecular weight excluding hydrogens is 342 g/mol. The van der Waals surface area contributed by atoms with E-state index in [4.69, 9.17) is 16.3 Å². The van der Waals surface area contributed by atoms with E-state index in [1.165, 1.54) is 7.11 Å². The number of anilines is 1. The van der Waals surface area contributed by atoms with E-state index < -0.39 is 0 Å². The SMILES string of the molecule is COc1cc(NC2=NCCN2)c(Cl)cc1C(=O)NC(C)C1CCCN1. The smallest absolute Gasteiger partial charge is 0.255 e. The minimum absolute atomic E-state index is 0.0355.